The standard InChI is InChI=1S/C55H34BBr2F3N2O3S/c57-39-27-29-46-48(31-39)62(53-42(35-15-5-1-6-16-35)23-13-24-43(53)36-17-7-2-8-18-36)50-33-41(66-67(64,65)55(59,60)61)34-51-52(50)56(46)47-30-28-40(58)32-49(47)63(51)54-44(37-19-9-3-10-20-37)25-14-26-45(54)38-21-11-4-12-22-38/h1-34H. The first-order chi connectivity index (χ1) is 32.5. The third-order valence-corrected chi connectivity index (χ3v) is 14.3. The van der Waals surface area contributed by atoms with E-state index in [1.165, 1.54) is 12.1 Å². The van der Waals surface area contributed by atoms with Crippen LogP contribution in [0.2, 0.25) is 0 Å². The van der Waals surface area contributed by atoms with Gasteiger partial charge in [0.15, 0.2) is 0 Å². The van der Waals surface area contributed by atoms with Crippen molar-refractivity contribution in [3.63, 3.8) is 0 Å². The fraction of sp³-hybridized carbons (Fsp3) is 0.0182. The summed E-state index contributed by atoms with van der Waals surface area (Å²) in [6.07, 6.45) is 0. The molecule has 2 aliphatic heterocycles. The van der Waals surface area contributed by atoms with Crippen molar-refractivity contribution in [2.24, 2.45) is 0 Å². The summed E-state index contributed by atoms with van der Waals surface area (Å²) in [5, 5.41) is 0. The van der Waals surface area contributed by atoms with Crippen LogP contribution in [0.25, 0.3) is 44.5 Å². The van der Waals surface area contributed by atoms with Gasteiger partial charge < -0.3 is 14.0 Å². The van der Waals surface area contributed by atoms with Gasteiger partial charge >= 0.3 is 15.6 Å². The van der Waals surface area contributed by atoms with E-state index in [9.17, 15) is 21.6 Å². The van der Waals surface area contributed by atoms with Crippen molar-refractivity contribution in [1.82, 2.24) is 0 Å². The summed E-state index contributed by atoms with van der Waals surface area (Å²) in [6.45, 7) is -0.481. The lowest BCUT2D eigenvalue weighted by molar-refractivity contribution is -0.0500. The van der Waals surface area contributed by atoms with E-state index in [2.05, 4.69) is 53.8 Å². The van der Waals surface area contributed by atoms with Crippen LogP contribution in [-0.4, -0.2) is 20.6 Å². The van der Waals surface area contributed by atoms with Gasteiger partial charge in [0, 0.05) is 66.1 Å². The highest BCUT2D eigenvalue weighted by molar-refractivity contribution is 9.10. The van der Waals surface area contributed by atoms with Crippen LogP contribution in [0.1, 0.15) is 0 Å². The Morgan fingerprint density at radius 1 is 0.433 bits per heavy atom. The summed E-state index contributed by atoms with van der Waals surface area (Å²) in [6, 6.07) is 66.9. The number of benzene rings is 9. The topological polar surface area (TPSA) is 49.9 Å². The highest BCUT2D eigenvalue weighted by atomic mass is 79.9. The smallest absolute Gasteiger partial charge is 0.376 e. The molecule has 11 rings (SSSR count). The van der Waals surface area contributed by atoms with E-state index >= 15 is 0 Å². The van der Waals surface area contributed by atoms with Gasteiger partial charge in [-0.3, -0.25) is 0 Å². The lowest BCUT2D eigenvalue weighted by atomic mass is 9.33. The predicted molar refractivity (Wildman–Crippen MR) is 273 cm³/mol. The number of rotatable bonds is 8. The molecule has 0 N–H and O–H groups in total. The van der Waals surface area contributed by atoms with Crippen LogP contribution >= 0.6 is 31.9 Å². The van der Waals surface area contributed by atoms with E-state index in [1.54, 1.807) is 0 Å². The van der Waals surface area contributed by atoms with Crippen molar-refractivity contribution < 1.29 is 25.8 Å². The molecule has 5 nitrogen and oxygen atoms in total. The van der Waals surface area contributed by atoms with Crippen LogP contribution < -0.4 is 30.4 Å². The molecule has 2 aliphatic rings. The van der Waals surface area contributed by atoms with Crippen molar-refractivity contribution in [3.8, 4) is 50.3 Å². The number of halogens is 5. The first-order valence-electron chi connectivity index (χ1n) is 21.3. The Labute approximate surface area is 403 Å². The van der Waals surface area contributed by atoms with Crippen LogP contribution in [0.4, 0.5) is 47.3 Å². The Morgan fingerprint density at radius 2 is 0.776 bits per heavy atom. The number of hydrogen-bond donors (Lipinski definition) is 0. The van der Waals surface area contributed by atoms with Gasteiger partial charge in [-0.15, -0.1) is 0 Å². The quantitative estimate of drug-likeness (QED) is 0.0862. The lowest BCUT2D eigenvalue weighted by Crippen LogP contribution is -2.61. The van der Waals surface area contributed by atoms with Crippen LogP contribution in [0, 0.1) is 0 Å². The van der Waals surface area contributed by atoms with Crippen molar-refractivity contribution in [3.05, 3.63) is 215 Å². The maximum Gasteiger partial charge on any atom is 0.534 e. The summed E-state index contributed by atoms with van der Waals surface area (Å²) in [7, 11) is -6.15. The van der Waals surface area contributed by atoms with E-state index in [1.807, 2.05) is 182 Å². The van der Waals surface area contributed by atoms with Gasteiger partial charge in [0.25, 0.3) is 6.71 Å². The van der Waals surface area contributed by atoms with Gasteiger partial charge in [0.05, 0.1) is 11.4 Å². The van der Waals surface area contributed by atoms with Crippen LogP contribution in [0.15, 0.2) is 215 Å². The summed E-state index contributed by atoms with van der Waals surface area (Å²) in [4.78, 5) is 4.13. The molecule has 0 unspecified atom stereocenters. The average molecular weight is 1030 g/mol. The number of para-hydroxylation sites is 2. The summed E-state index contributed by atoms with van der Waals surface area (Å²) in [5.41, 5.74) is 7.68. The van der Waals surface area contributed by atoms with E-state index in [4.69, 9.17) is 4.18 Å². The molecule has 9 aromatic carbocycles. The van der Waals surface area contributed by atoms with Crippen molar-refractivity contribution in [1.29, 1.82) is 0 Å². The van der Waals surface area contributed by atoms with Gasteiger partial charge in [-0.2, -0.15) is 21.6 Å². The number of fused-ring (bicyclic) bond motifs is 4. The largest absolute Gasteiger partial charge is 0.534 e. The number of alkyl halides is 3. The minimum atomic E-state index is -6.15. The van der Waals surface area contributed by atoms with Gasteiger partial charge in [-0.25, -0.2) is 0 Å². The molecule has 9 aromatic rings. The number of hydrogen-bond acceptors (Lipinski definition) is 5. The maximum absolute atomic E-state index is 14.5. The van der Waals surface area contributed by atoms with E-state index in [0.717, 1.165) is 92.6 Å². The zero-order valence-electron chi connectivity index (χ0n) is 35.1. The van der Waals surface area contributed by atoms with Gasteiger partial charge in [-0.05, 0) is 62.9 Å². The molecule has 0 amide bonds. The van der Waals surface area contributed by atoms with Crippen molar-refractivity contribution in [2.45, 2.75) is 5.51 Å². The Kier molecular flexibility index (Phi) is 10.7. The zero-order valence-corrected chi connectivity index (χ0v) is 39.1. The van der Waals surface area contributed by atoms with Gasteiger partial charge in [-0.1, -0.05) is 202 Å². The molecule has 326 valence electrons. The molecule has 0 saturated heterocycles. The Morgan fingerprint density at radius 3 is 1.10 bits per heavy atom. The highest BCUT2D eigenvalue weighted by Gasteiger charge is 2.50. The van der Waals surface area contributed by atoms with Gasteiger partial charge in [0.1, 0.15) is 5.75 Å². The molecule has 67 heavy (non-hydrogen) atoms. The molecule has 0 spiro atoms. The third kappa shape index (κ3) is 7.44. The fourth-order valence-electron chi connectivity index (χ4n) is 9.59. The SMILES string of the molecule is O=S(=O)(Oc1cc2c3c(c1)N(c1c(-c4ccccc4)cccc1-c1ccccc1)c1cc(Br)ccc1B3c1ccc(Br)cc1N2c1c(-c2ccccc2)cccc1-c1ccccc1)C(F)(F)F. The molecular formula is C55H34BBr2F3N2O3S. The third-order valence-electron chi connectivity index (χ3n) is 12.3. The average Bonchev–Trinajstić information content (AvgIpc) is 3.34. The van der Waals surface area contributed by atoms with E-state index < -0.39 is 28.1 Å². The van der Waals surface area contributed by atoms with Crippen LogP contribution in [0.5, 0.6) is 5.75 Å². The minimum absolute atomic E-state index is 0.443. The second-order valence-corrected chi connectivity index (χ2v) is 19.6. The monoisotopic (exact) mass is 1030 g/mol. The molecule has 0 atom stereocenters. The second-order valence-electron chi connectivity index (χ2n) is 16.2. The molecule has 0 bridgehead atoms. The molecule has 0 radical (unpaired) electrons. The van der Waals surface area contributed by atoms with Crippen molar-refractivity contribution >= 4 is 99.2 Å². The Balaban J connectivity index is 1.32. The summed E-state index contributed by atoms with van der Waals surface area (Å²) < 4.78 is 76.7. The summed E-state index contributed by atoms with van der Waals surface area (Å²) in [5.74, 6) is -0.506. The number of anilines is 6. The van der Waals surface area contributed by atoms with Crippen LogP contribution in [0.3, 0.4) is 0 Å². The predicted octanol–water partition coefficient (Wildman–Crippen LogP) is 14.2. The summed E-state index contributed by atoms with van der Waals surface area (Å²) >= 11 is 7.55. The number of nitrogens with zero attached hydrogens (tertiary/aromatic N) is 2. The second kappa shape index (κ2) is 16.8. The first-order valence-corrected chi connectivity index (χ1v) is 24.3. The maximum atomic E-state index is 14.5. The minimum Gasteiger partial charge on any atom is -0.376 e. The molecule has 0 fully saturated rings. The normalized spacial score (nSPS) is 12.9. The first kappa shape index (κ1) is 42.8. The van der Waals surface area contributed by atoms with Crippen LogP contribution in [-0.2, 0) is 10.1 Å². The molecule has 2 heterocycles. The Bertz CT molecular complexity index is 3170. The zero-order chi connectivity index (χ0) is 46.0. The molecular weight excluding hydrogens is 996 g/mol. The molecule has 0 aliphatic carbocycles. The van der Waals surface area contributed by atoms with E-state index in [-0.39, 0.29) is 0 Å². The molecule has 0 aromatic heterocycles. The van der Waals surface area contributed by atoms with Crippen molar-refractivity contribution in [2.75, 3.05) is 9.80 Å². The Hall–Kier alpha value is -6.86. The highest BCUT2D eigenvalue weighted by Crippen LogP contribution is 2.54. The molecule has 0 saturated carbocycles. The van der Waals surface area contributed by atoms with Gasteiger partial charge in [0.2, 0.25) is 0 Å². The lowest BCUT2D eigenvalue weighted by Gasteiger charge is -2.45. The van der Waals surface area contributed by atoms with E-state index in [0.29, 0.717) is 11.4 Å². The fourth-order valence-corrected chi connectivity index (χ4v) is 10.7. The molecule has 12 heteroatoms.